The molecule has 0 aliphatic heterocycles. The van der Waals surface area contributed by atoms with Crippen molar-refractivity contribution < 1.29 is 4.79 Å². The Morgan fingerprint density at radius 1 is 1.52 bits per heavy atom. The monoisotopic (exact) mass is 344 g/mol. The average molecular weight is 344 g/mol. The normalized spacial score (nSPS) is 19.7. The molecule has 0 spiro atoms. The molecule has 1 amide bonds. The summed E-state index contributed by atoms with van der Waals surface area (Å²) in [6.45, 7) is 7.58. The van der Waals surface area contributed by atoms with Crippen LogP contribution in [-0.4, -0.2) is 46.3 Å². The summed E-state index contributed by atoms with van der Waals surface area (Å²) in [6.07, 6.45) is 4.96. The van der Waals surface area contributed by atoms with Crippen molar-refractivity contribution in [2.45, 2.75) is 64.6 Å². The fourth-order valence-corrected chi connectivity index (χ4v) is 3.13. The number of anilines is 1. The summed E-state index contributed by atoms with van der Waals surface area (Å²) >= 11 is 0. The largest absolute Gasteiger partial charge is 0.351 e. The molecule has 1 aliphatic carbocycles. The number of nitrogens with one attached hydrogen (secondary N) is 1. The zero-order chi connectivity index (χ0) is 18.4. The minimum atomic E-state index is -0.238. The molecule has 25 heavy (non-hydrogen) atoms. The average Bonchev–Trinajstić information content (AvgIpc) is 2.97. The number of carbonyl (C=O) groups is 1. The Morgan fingerprint density at radius 2 is 2.24 bits per heavy atom. The molecule has 2 rings (SSSR count). The van der Waals surface area contributed by atoms with Crippen molar-refractivity contribution >= 4 is 18.6 Å². The van der Waals surface area contributed by atoms with Gasteiger partial charge in [0.1, 0.15) is 5.69 Å². The standard InChI is InChI=1S/C18H28N6O/c1-5-7-12-24-16(17(25)23(4)20-3)14(6-2)21-18(24)22-15-11-9-8-10-13(15)19/h13,15H,3,6,8-12,19H2,1-2,4H3,(H,21,22)/t13-,15?/m1/s1. The molecule has 0 saturated heterocycles. The van der Waals surface area contributed by atoms with E-state index in [0.717, 1.165) is 31.4 Å². The number of nitrogens with two attached hydrogens (primary N) is 1. The molecule has 1 aromatic rings. The lowest BCUT2D eigenvalue weighted by Crippen LogP contribution is -2.43. The van der Waals surface area contributed by atoms with Crippen molar-refractivity contribution in [2.75, 3.05) is 12.4 Å². The predicted molar refractivity (Wildman–Crippen MR) is 101 cm³/mol. The van der Waals surface area contributed by atoms with Crippen LogP contribution in [0, 0.1) is 11.8 Å². The third kappa shape index (κ3) is 4.20. The van der Waals surface area contributed by atoms with Crippen LogP contribution in [0.3, 0.4) is 0 Å². The van der Waals surface area contributed by atoms with E-state index in [9.17, 15) is 4.79 Å². The first-order valence-corrected chi connectivity index (χ1v) is 8.79. The number of carbonyl (C=O) groups excluding carboxylic acids is 1. The van der Waals surface area contributed by atoms with Crippen molar-refractivity contribution in [3.63, 3.8) is 0 Å². The van der Waals surface area contributed by atoms with E-state index >= 15 is 0 Å². The number of nitrogens with zero attached hydrogens (tertiary/aromatic N) is 4. The van der Waals surface area contributed by atoms with Crippen molar-refractivity contribution in [3.8, 4) is 11.8 Å². The van der Waals surface area contributed by atoms with Gasteiger partial charge in [-0.05, 0) is 26.2 Å². The van der Waals surface area contributed by atoms with Crippen molar-refractivity contribution in [2.24, 2.45) is 10.8 Å². The summed E-state index contributed by atoms with van der Waals surface area (Å²) in [7, 11) is 1.59. The molecule has 1 fully saturated rings. The van der Waals surface area contributed by atoms with Gasteiger partial charge in [0.05, 0.1) is 12.2 Å². The van der Waals surface area contributed by atoms with E-state index in [1.807, 2.05) is 11.5 Å². The third-order valence-electron chi connectivity index (χ3n) is 4.63. The zero-order valence-corrected chi connectivity index (χ0v) is 15.4. The summed E-state index contributed by atoms with van der Waals surface area (Å²) in [5.74, 6) is 6.33. The Morgan fingerprint density at radius 3 is 2.84 bits per heavy atom. The van der Waals surface area contributed by atoms with Gasteiger partial charge < -0.3 is 11.1 Å². The molecule has 7 nitrogen and oxygen atoms in total. The Labute approximate surface area is 149 Å². The highest BCUT2D eigenvalue weighted by molar-refractivity contribution is 5.94. The van der Waals surface area contributed by atoms with Crippen LogP contribution in [0.4, 0.5) is 5.95 Å². The third-order valence-corrected chi connectivity index (χ3v) is 4.63. The summed E-state index contributed by atoms with van der Waals surface area (Å²) in [5, 5.41) is 8.40. The summed E-state index contributed by atoms with van der Waals surface area (Å²) < 4.78 is 1.83. The Kier molecular flexibility index (Phi) is 6.59. The minimum Gasteiger partial charge on any atom is -0.351 e. The zero-order valence-electron chi connectivity index (χ0n) is 15.4. The molecule has 2 atom stereocenters. The Hall–Kier alpha value is -2.33. The lowest BCUT2D eigenvalue weighted by molar-refractivity contribution is 0.0790. The molecule has 136 valence electrons. The molecule has 3 N–H and O–H groups in total. The number of imidazole rings is 1. The maximum atomic E-state index is 12.7. The molecule has 1 aromatic heterocycles. The van der Waals surface area contributed by atoms with Crippen LogP contribution in [0.15, 0.2) is 5.10 Å². The lowest BCUT2D eigenvalue weighted by Gasteiger charge is -2.29. The molecule has 7 heteroatoms. The van der Waals surface area contributed by atoms with E-state index in [4.69, 9.17) is 5.73 Å². The van der Waals surface area contributed by atoms with Gasteiger partial charge in [-0.1, -0.05) is 25.7 Å². The molecule has 0 radical (unpaired) electrons. The number of aromatic nitrogens is 2. The van der Waals surface area contributed by atoms with E-state index in [0.29, 0.717) is 24.6 Å². The first kappa shape index (κ1) is 19.0. The minimum absolute atomic E-state index is 0.0953. The number of amides is 1. The summed E-state index contributed by atoms with van der Waals surface area (Å²) in [6, 6.07) is 0.255. The van der Waals surface area contributed by atoms with Crippen LogP contribution in [0.5, 0.6) is 0 Å². The molecule has 0 bridgehead atoms. The highest BCUT2D eigenvalue weighted by Gasteiger charge is 2.27. The van der Waals surface area contributed by atoms with Gasteiger partial charge in [0.25, 0.3) is 5.91 Å². The molecule has 1 heterocycles. The van der Waals surface area contributed by atoms with Crippen LogP contribution in [-0.2, 0) is 13.0 Å². The Bertz CT molecular complexity index is 684. The van der Waals surface area contributed by atoms with Crippen LogP contribution < -0.4 is 11.1 Å². The van der Waals surface area contributed by atoms with Crippen LogP contribution in [0.25, 0.3) is 0 Å². The van der Waals surface area contributed by atoms with E-state index in [2.05, 4.69) is 34.0 Å². The van der Waals surface area contributed by atoms with E-state index in [1.165, 1.54) is 5.01 Å². The second-order valence-electron chi connectivity index (χ2n) is 6.27. The molecule has 1 unspecified atom stereocenters. The number of rotatable bonds is 6. The first-order chi connectivity index (χ1) is 12.0. The van der Waals surface area contributed by atoms with Gasteiger partial charge >= 0.3 is 0 Å². The smallest absolute Gasteiger partial charge is 0.292 e. The first-order valence-electron chi connectivity index (χ1n) is 8.79. The molecule has 1 aliphatic rings. The van der Waals surface area contributed by atoms with Crippen LogP contribution in [0.2, 0.25) is 0 Å². The topological polar surface area (TPSA) is 88.5 Å². The molecular formula is C18H28N6O. The lowest BCUT2D eigenvalue weighted by atomic mass is 9.91. The fraction of sp³-hybridized carbons (Fsp3) is 0.611. The van der Waals surface area contributed by atoms with Crippen molar-refractivity contribution in [1.29, 1.82) is 0 Å². The van der Waals surface area contributed by atoms with Crippen LogP contribution >= 0.6 is 0 Å². The second kappa shape index (κ2) is 8.67. The van der Waals surface area contributed by atoms with Crippen LogP contribution in [0.1, 0.15) is 55.7 Å². The Balaban J connectivity index is 2.43. The van der Waals surface area contributed by atoms with E-state index in [-0.39, 0.29) is 18.0 Å². The number of hydrazone groups is 1. The van der Waals surface area contributed by atoms with Gasteiger partial charge in [0, 0.05) is 25.8 Å². The van der Waals surface area contributed by atoms with Gasteiger partial charge in [0.2, 0.25) is 5.95 Å². The van der Waals surface area contributed by atoms with Gasteiger partial charge in [-0.3, -0.25) is 9.36 Å². The molecule has 1 saturated carbocycles. The number of hydrogen-bond acceptors (Lipinski definition) is 5. The highest BCUT2D eigenvalue weighted by atomic mass is 16.2. The van der Waals surface area contributed by atoms with Gasteiger partial charge in [-0.2, -0.15) is 5.10 Å². The maximum absolute atomic E-state index is 12.7. The maximum Gasteiger partial charge on any atom is 0.292 e. The number of hydrogen-bond donors (Lipinski definition) is 2. The SMILES string of the molecule is C=NN(C)C(=O)c1c(CC)nc(NC2CCCC[C@H]2N)n1CC#CC. The fourth-order valence-electron chi connectivity index (χ4n) is 3.13. The van der Waals surface area contributed by atoms with Gasteiger partial charge in [-0.15, -0.1) is 5.92 Å². The quantitative estimate of drug-likeness (QED) is 0.468. The molecule has 0 aromatic carbocycles. The summed E-state index contributed by atoms with van der Waals surface area (Å²) in [5.41, 5.74) is 7.49. The van der Waals surface area contributed by atoms with E-state index in [1.54, 1.807) is 14.0 Å². The highest BCUT2D eigenvalue weighted by Crippen LogP contribution is 2.24. The predicted octanol–water partition coefficient (Wildman–Crippen LogP) is 1.84. The van der Waals surface area contributed by atoms with Gasteiger partial charge in [-0.25, -0.2) is 9.99 Å². The van der Waals surface area contributed by atoms with Crippen molar-refractivity contribution in [3.05, 3.63) is 11.4 Å². The number of aryl methyl sites for hydroxylation is 1. The molecular weight excluding hydrogens is 316 g/mol. The summed E-state index contributed by atoms with van der Waals surface area (Å²) in [4.78, 5) is 17.4. The van der Waals surface area contributed by atoms with E-state index < -0.39 is 0 Å². The van der Waals surface area contributed by atoms with Crippen molar-refractivity contribution in [1.82, 2.24) is 14.6 Å². The second-order valence-corrected chi connectivity index (χ2v) is 6.27. The van der Waals surface area contributed by atoms with Gasteiger partial charge in [0.15, 0.2) is 0 Å².